The quantitative estimate of drug-likeness (QED) is 0.714. The Kier molecular flexibility index (Phi) is 3.24. The van der Waals surface area contributed by atoms with E-state index in [1.807, 2.05) is 0 Å². The fourth-order valence-corrected chi connectivity index (χ4v) is 2.89. The minimum Gasteiger partial charge on any atom is -0.480 e. The fourth-order valence-electron chi connectivity index (χ4n) is 1.35. The van der Waals surface area contributed by atoms with Gasteiger partial charge in [0.15, 0.2) is 0 Å². The van der Waals surface area contributed by atoms with Crippen molar-refractivity contribution in [2.24, 2.45) is 5.41 Å². The van der Waals surface area contributed by atoms with Crippen LogP contribution in [-0.2, 0) is 4.79 Å². The van der Waals surface area contributed by atoms with Crippen molar-refractivity contribution in [3.05, 3.63) is 0 Å². The molecule has 0 aromatic heterocycles. The molecule has 0 aromatic rings. The van der Waals surface area contributed by atoms with Crippen LogP contribution in [0.5, 0.6) is 0 Å². The molecule has 0 unspecified atom stereocenters. The molecule has 76 valence electrons. The smallest absolute Gasteiger partial charge is 0.321 e. The van der Waals surface area contributed by atoms with E-state index in [-0.39, 0.29) is 11.5 Å². The maximum absolute atomic E-state index is 10.6. The summed E-state index contributed by atoms with van der Waals surface area (Å²) in [6, 6.07) is -0.350. The zero-order valence-electron chi connectivity index (χ0n) is 8.33. The van der Waals surface area contributed by atoms with Crippen LogP contribution in [0.15, 0.2) is 0 Å². The molecule has 1 aliphatic rings. The van der Waals surface area contributed by atoms with E-state index in [0.717, 1.165) is 6.42 Å². The molecule has 0 aromatic carbocycles. The second-order valence-corrected chi connectivity index (χ2v) is 5.88. The first kappa shape index (κ1) is 10.9. The van der Waals surface area contributed by atoms with Gasteiger partial charge in [-0.05, 0) is 11.8 Å². The van der Waals surface area contributed by atoms with Gasteiger partial charge >= 0.3 is 5.97 Å². The zero-order chi connectivity index (χ0) is 10.1. The highest BCUT2D eigenvalue weighted by Crippen LogP contribution is 2.30. The van der Waals surface area contributed by atoms with Gasteiger partial charge in [-0.25, -0.2) is 0 Å². The number of carbonyl (C=O) groups is 1. The predicted molar refractivity (Wildman–Crippen MR) is 54.9 cm³/mol. The van der Waals surface area contributed by atoms with Gasteiger partial charge < -0.3 is 5.11 Å². The summed E-state index contributed by atoms with van der Waals surface area (Å²) >= 11 is 1.71. The number of hydrogen-bond acceptors (Lipinski definition) is 3. The van der Waals surface area contributed by atoms with Crippen molar-refractivity contribution in [1.82, 2.24) is 5.32 Å². The molecule has 3 nitrogen and oxygen atoms in total. The van der Waals surface area contributed by atoms with E-state index >= 15 is 0 Å². The average Bonchev–Trinajstić information content (AvgIpc) is 2.31. The highest BCUT2D eigenvalue weighted by Gasteiger charge is 2.31. The summed E-state index contributed by atoms with van der Waals surface area (Å²) in [5.41, 5.74) is 0.262. The number of thioether (sulfide) groups is 1. The lowest BCUT2D eigenvalue weighted by Crippen LogP contribution is -2.37. The molecule has 0 saturated carbocycles. The molecule has 1 saturated heterocycles. The van der Waals surface area contributed by atoms with Crippen molar-refractivity contribution >= 4 is 17.7 Å². The van der Waals surface area contributed by atoms with Gasteiger partial charge in [0.2, 0.25) is 0 Å². The van der Waals surface area contributed by atoms with E-state index in [4.69, 9.17) is 5.11 Å². The molecule has 13 heavy (non-hydrogen) atoms. The second-order valence-electron chi connectivity index (χ2n) is 4.64. The first-order valence-electron chi connectivity index (χ1n) is 4.49. The molecule has 0 spiro atoms. The van der Waals surface area contributed by atoms with Crippen LogP contribution in [-0.4, -0.2) is 28.2 Å². The molecular weight excluding hydrogens is 186 g/mol. The molecule has 2 N–H and O–H groups in total. The molecule has 4 heteroatoms. The largest absolute Gasteiger partial charge is 0.480 e. The van der Waals surface area contributed by atoms with Gasteiger partial charge in [0.05, 0.1) is 5.37 Å². The van der Waals surface area contributed by atoms with Crippen molar-refractivity contribution in [3.8, 4) is 0 Å². The Bertz CT molecular complexity index is 200. The third-order valence-electron chi connectivity index (χ3n) is 1.95. The summed E-state index contributed by atoms with van der Waals surface area (Å²) in [5.74, 6) is -0.0419. The Hall–Kier alpha value is -0.220. The SMILES string of the molecule is CC(C)(C)C[C@H]1N[C@@H](C(=O)O)CS1. The maximum Gasteiger partial charge on any atom is 0.321 e. The molecule has 1 aliphatic heterocycles. The molecule has 0 aliphatic carbocycles. The first-order chi connectivity index (χ1) is 5.88. The third kappa shape index (κ3) is 3.56. The molecule has 0 radical (unpaired) electrons. The summed E-state index contributed by atoms with van der Waals surface area (Å²) in [6.07, 6.45) is 1.02. The standard InChI is InChI=1S/C9H17NO2S/c1-9(2,3)4-7-10-6(5-13-7)8(11)12/h6-7,10H,4-5H2,1-3H3,(H,11,12)/t6-,7+/m1/s1. The van der Waals surface area contributed by atoms with E-state index < -0.39 is 5.97 Å². The van der Waals surface area contributed by atoms with Gasteiger partial charge in [-0.15, -0.1) is 11.8 Å². The summed E-state index contributed by atoms with van der Waals surface area (Å²) in [7, 11) is 0. The normalized spacial score (nSPS) is 29.2. The van der Waals surface area contributed by atoms with E-state index in [9.17, 15) is 4.79 Å². The Morgan fingerprint density at radius 2 is 2.23 bits per heavy atom. The minimum atomic E-state index is -0.732. The Balaban J connectivity index is 2.38. The highest BCUT2D eigenvalue weighted by atomic mass is 32.2. The van der Waals surface area contributed by atoms with Crippen LogP contribution in [0.4, 0.5) is 0 Å². The van der Waals surface area contributed by atoms with E-state index in [2.05, 4.69) is 26.1 Å². The second kappa shape index (κ2) is 3.88. The van der Waals surface area contributed by atoms with Crippen LogP contribution in [0, 0.1) is 5.41 Å². The van der Waals surface area contributed by atoms with Crippen LogP contribution in [0.3, 0.4) is 0 Å². The topological polar surface area (TPSA) is 49.3 Å². The van der Waals surface area contributed by atoms with Crippen LogP contribution < -0.4 is 5.32 Å². The molecule has 1 rings (SSSR count). The van der Waals surface area contributed by atoms with Crippen molar-refractivity contribution < 1.29 is 9.90 Å². The van der Waals surface area contributed by atoms with Crippen molar-refractivity contribution in [3.63, 3.8) is 0 Å². The molecule has 0 bridgehead atoms. The molecule has 2 atom stereocenters. The first-order valence-corrected chi connectivity index (χ1v) is 5.54. The Labute approximate surface area is 83.3 Å². The van der Waals surface area contributed by atoms with E-state index in [1.165, 1.54) is 0 Å². The van der Waals surface area contributed by atoms with Crippen LogP contribution in [0.1, 0.15) is 27.2 Å². The van der Waals surface area contributed by atoms with Crippen LogP contribution in [0.2, 0.25) is 0 Å². The molecular formula is C9H17NO2S. The Morgan fingerprint density at radius 3 is 2.62 bits per heavy atom. The third-order valence-corrected chi connectivity index (χ3v) is 3.18. The Morgan fingerprint density at radius 1 is 1.62 bits per heavy atom. The predicted octanol–water partition coefficient (Wildman–Crippen LogP) is 1.54. The fraction of sp³-hybridized carbons (Fsp3) is 0.889. The maximum atomic E-state index is 10.6. The van der Waals surface area contributed by atoms with Gasteiger partial charge in [-0.2, -0.15) is 0 Å². The van der Waals surface area contributed by atoms with Crippen molar-refractivity contribution in [2.45, 2.75) is 38.6 Å². The van der Waals surface area contributed by atoms with Crippen molar-refractivity contribution in [2.75, 3.05) is 5.75 Å². The number of rotatable bonds is 2. The summed E-state index contributed by atoms with van der Waals surface area (Å²) in [6.45, 7) is 6.51. The molecule has 1 fully saturated rings. The van der Waals surface area contributed by atoms with Gasteiger partial charge in [-0.3, -0.25) is 10.1 Å². The number of aliphatic carboxylic acids is 1. The van der Waals surface area contributed by atoms with Crippen LogP contribution >= 0.6 is 11.8 Å². The van der Waals surface area contributed by atoms with Gasteiger partial charge in [0.1, 0.15) is 6.04 Å². The minimum absolute atomic E-state index is 0.262. The van der Waals surface area contributed by atoms with Crippen LogP contribution in [0.25, 0.3) is 0 Å². The molecule has 1 heterocycles. The lowest BCUT2D eigenvalue weighted by atomic mass is 9.92. The summed E-state index contributed by atoms with van der Waals surface area (Å²) < 4.78 is 0. The van der Waals surface area contributed by atoms with E-state index in [0.29, 0.717) is 11.1 Å². The number of nitrogens with one attached hydrogen (secondary N) is 1. The highest BCUT2D eigenvalue weighted by molar-refractivity contribution is 8.00. The van der Waals surface area contributed by atoms with Gasteiger partial charge in [0.25, 0.3) is 0 Å². The monoisotopic (exact) mass is 203 g/mol. The number of carboxylic acids is 1. The lowest BCUT2D eigenvalue weighted by molar-refractivity contribution is -0.138. The number of carboxylic acid groups (broad SMARTS) is 1. The van der Waals surface area contributed by atoms with Crippen molar-refractivity contribution in [1.29, 1.82) is 0 Å². The van der Waals surface area contributed by atoms with E-state index in [1.54, 1.807) is 11.8 Å². The summed E-state index contributed by atoms with van der Waals surface area (Å²) in [5, 5.41) is 12.2. The average molecular weight is 203 g/mol. The zero-order valence-corrected chi connectivity index (χ0v) is 9.15. The summed E-state index contributed by atoms with van der Waals surface area (Å²) in [4.78, 5) is 10.6. The van der Waals surface area contributed by atoms with Gasteiger partial charge in [0, 0.05) is 5.75 Å². The van der Waals surface area contributed by atoms with Gasteiger partial charge in [-0.1, -0.05) is 20.8 Å². The number of hydrogen-bond donors (Lipinski definition) is 2. The molecule has 0 amide bonds. The lowest BCUT2D eigenvalue weighted by Gasteiger charge is -2.22.